The van der Waals surface area contributed by atoms with Crippen LogP contribution in [0.25, 0.3) is 17.2 Å². The van der Waals surface area contributed by atoms with Crippen LogP contribution < -0.4 is 5.11 Å². The molecule has 1 aromatic heterocycles. The number of oxazole rings is 1. The third-order valence-corrected chi connectivity index (χ3v) is 1.84. The molecule has 2 rings (SSSR count). The predicted octanol–water partition coefficient (Wildman–Crippen LogP) is 2.09. The van der Waals surface area contributed by atoms with E-state index in [2.05, 4.69) is 4.98 Å². The number of alkyl halides is 3. The van der Waals surface area contributed by atoms with Gasteiger partial charge in [0.1, 0.15) is 5.52 Å². The molecule has 6 heteroatoms. The molecule has 0 N–H and O–H groups in total. The highest BCUT2D eigenvalue weighted by atomic mass is 19.4. The van der Waals surface area contributed by atoms with Crippen molar-refractivity contribution >= 4 is 17.2 Å². The Bertz CT molecular complexity index is 509. The lowest BCUT2D eigenvalue weighted by molar-refractivity contribution is -0.358. The minimum atomic E-state index is -4.90. The van der Waals surface area contributed by atoms with Crippen LogP contribution in [0.4, 0.5) is 13.2 Å². The predicted molar refractivity (Wildman–Crippen MR) is 48.0 cm³/mol. The highest BCUT2D eigenvalue weighted by molar-refractivity contribution is 5.73. The first-order valence-corrected chi connectivity index (χ1v) is 4.28. The van der Waals surface area contributed by atoms with E-state index in [0.29, 0.717) is 17.2 Å². The second-order valence-electron chi connectivity index (χ2n) is 3.03. The average molecular weight is 228 g/mol. The Morgan fingerprint density at radius 1 is 1.31 bits per heavy atom. The van der Waals surface area contributed by atoms with Gasteiger partial charge in [0.05, 0.1) is 0 Å². The standard InChI is InChI=1S/C10H6F3NO2/c11-10(12,13)8(15)5-9-14-6-3-1-2-4-7(6)16-9/h1-5,15H/p-1/b8-5-. The van der Waals surface area contributed by atoms with Crippen LogP contribution in [0.1, 0.15) is 5.89 Å². The van der Waals surface area contributed by atoms with Crippen LogP contribution in [0.5, 0.6) is 0 Å². The molecule has 84 valence electrons. The summed E-state index contributed by atoms with van der Waals surface area (Å²) in [7, 11) is 0. The summed E-state index contributed by atoms with van der Waals surface area (Å²) in [6.45, 7) is 0. The van der Waals surface area contributed by atoms with Gasteiger partial charge in [-0.2, -0.15) is 13.2 Å². The lowest BCUT2D eigenvalue weighted by Crippen LogP contribution is -2.22. The monoisotopic (exact) mass is 228 g/mol. The summed E-state index contributed by atoms with van der Waals surface area (Å²) in [4.78, 5) is 3.72. The largest absolute Gasteiger partial charge is 0.869 e. The maximum Gasteiger partial charge on any atom is 0.402 e. The summed E-state index contributed by atoms with van der Waals surface area (Å²) >= 11 is 0. The van der Waals surface area contributed by atoms with Gasteiger partial charge in [-0.15, -0.1) is 0 Å². The third kappa shape index (κ3) is 2.00. The van der Waals surface area contributed by atoms with Crippen molar-refractivity contribution < 1.29 is 22.7 Å². The van der Waals surface area contributed by atoms with Crippen LogP contribution in [0.2, 0.25) is 0 Å². The van der Waals surface area contributed by atoms with Crippen LogP contribution in [0.3, 0.4) is 0 Å². The van der Waals surface area contributed by atoms with E-state index in [9.17, 15) is 18.3 Å². The molecule has 0 unspecified atom stereocenters. The van der Waals surface area contributed by atoms with Crippen molar-refractivity contribution in [2.45, 2.75) is 6.18 Å². The van der Waals surface area contributed by atoms with E-state index in [1.807, 2.05) is 0 Å². The molecule has 0 atom stereocenters. The number of halogens is 3. The molecule has 0 aliphatic rings. The second-order valence-corrected chi connectivity index (χ2v) is 3.03. The fourth-order valence-electron chi connectivity index (χ4n) is 1.15. The maximum absolute atomic E-state index is 11.9. The number of rotatable bonds is 1. The maximum atomic E-state index is 11.9. The molecule has 0 saturated carbocycles. The van der Waals surface area contributed by atoms with Gasteiger partial charge in [0.25, 0.3) is 0 Å². The van der Waals surface area contributed by atoms with E-state index in [-0.39, 0.29) is 5.89 Å². The summed E-state index contributed by atoms with van der Waals surface area (Å²) in [5, 5.41) is 10.6. The Morgan fingerprint density at radius 2 is 2.00 bits per heavy atom. The van der Waals surface area contributed by atoms with Crippen LogP contribution in [-0.4, -0.2) is 11.2 Å². The summed E-state index contributed by atoms with van der Waals surface area (Å²) in [6, 6.07) is 6.45. The number of benzene rings is 1. The SMILES string of the molecule is [O-]/C(=C\c1nc2ccccc2o1)C(F)(F)F. The molecule has 3 nitrogen and oxygen atoms in total. The van der Waals surface area contributed by atoms with Gasteiger partial charge < -0.3 is 9.52 Å². The van der Waals surface area contributed by atoms with E-state index in [1.165, 1.54) is 0 Å². The van der Waals surface area contributed by atoms with Crippen molar-refractivity contribution in [2.75, 3.05) is 0 Å². The molecular formula is C10H5F3NO2-. The molecule has 0 fully saturated rings. The molecular weight excluding hydrogens is 223 g/mol. The zero-order valence-electron chi connectivity index (χ0n) is 7.78. The van der Waals surface area contributed by atoms with Crippen LogP contribution in [-0.2, 0) is 0 Å². The van der Waals surface area contributed by atoms with Gasteiger partial charge in [-0.25, -0.2) is 4.98 Å². The van der Waals surface area contributed by atoms with Gasteiger partial charge in [0.2, 0.25) is 5.89 Å². The van der Waals surface area contributed by atoms with E-state index >= 15 is 0 Å². The first kappa shape index (κ1) is 10.5. The first-order valence-electron chi connectivity index (χ1n) is 4.28. The molecule has 0 saturated heterocycles. The number of fused-ring (bicyclic) bond motifs is 1. The third-order valence-electron chi connectivity index (χ3n) is 1.84. The molecule has 0 bridgehead atoms. The van der Waals surface area contributed by atoms with Crippen molar-refractivity contribution in [2.24, 2.45) is 0 Å². The lowest BCUT2D eigenvalue weighted by Gasteiger charge is -2.14. The normalized spacial score (nSPS) is 13.3. The van der Waals surface area contributed by atoms with E-state index in [0.717, 1.165) is 0 Å². The average Bonchev–Trinajstić information content (AvgIpc) is 2.58. The van der Waals surface area contributed by atoms with Gasteiger partial charge in [0.15, 0.2) is 5.58 Å². The zero-order chi connectivity index (χ0) is 11.8. The number of nitrogens with zero attached hydrogens (tertiary/aromatic N) is 1. The Labute approximate surface area is 87.8 Å². The van der Waals surface area contributed by atoms with Gasteiger partial charge >= 0.3 is 6.18 Å². The molecule has 0 aliphatic carbocycles. The molecule has 1 heterocycles. The summed E-state index contributed by atoms with van der Waals surface area (Å²) in [5.74, 6) is -2.33. The lowest BCUT2D eigenvalue weighted by atomic mass is 10.3. The van der Waals surface area contributed by atoms with Gasteiger partial charge in [-0.1, -0.05) is 12.1 Å². The number of hydrogen-bond donors (Lipinski definition) is 0. The first-order chi connectivity index (χ1) is 7.47. The molecule has 16 heavy (non-hydrogen) atoms. The van der Waals surface area contributed by atoms with Crippen molar-refractivity contribution in [3.8, 4) is 0 Å². The smallest absolute Gasteiger partial charge is 0.402 e. The van der Waals surface area contributed by atoms with Crippen molar-refractivity contribution in [1.82, 2.24) is 4.98 Å². The number of allylic oxidation sites excluding steroid dienone is 1. The van der Waals surface area contributed by atoms with Gasteiger partial charge in [-0.05, 0) is 24.0 Å². The summed E-state index contributed by atoms with van der Waals surface area (Å²) < 4.78 is 40.8. The molecule has 1 aromatic carbocycles. The highest BCUT2D eigenvalue weighted by Gasteiger charge is 2.26. The topological polar surface area (TPSA) is 49.1 Å². The van der Waals surface area contributed by atoms with E-state index in [4.69, 9.17) is 4.42 Å². The Hall–Kier alpha value is -1.98. The van der Waals surface area contributed by atoms with Crippen LogP contribution in [0.15, 0.2) is 34.4 Å². The Balaban J connectivity index is 2.42. The van der Waals surface area contributed by atoms with Crippen LogP contribution in [0, 0.1) is 0 Å². The Kier molecular flexibility index (Phi) is 2.34. The minimum absolute atomic E-state index is 0.333. The Morgan fingerprint density at radius 3 is 2.62 bits per heavy atom. The highest BCUT2D eigenvalue weighted by Crippen LogP contribution is 2.24. The number of aromatic nitrogens is 1. The quantitative estimate of drug-likeness (QED) is 0.702. The molecule has 2 aromatic rings. The zero-order valence-corrected chi connectivity index (χ0v) is 7.78. The molecule has 0 spiro atoms. The molecule has 0 aliphatic heterocycles. The molecule has 0 amide bonds. The van der Waals surface area contributed by atoms with Crippen molar-refractivity contribution in [1.29, 1.82) is 0 Å². The fourth-order valence-corrected chi connectivity index (χ4v) is 1.15. The number of hydrogen-bond acceptors (Lipinski definition) is 3. The second kappa shape index (κ2) is 3.55. The van der Waals surface area contributed by atoms with Crippen molar-refractivity contribution in [3.05, 3.63) is 35.9 Å². The van der Waals surface area contributed by atoms with Gasteiger partial charge in [0, 0.05) is 0 Å². The molecule has 0 radical (unpaired) electrons. The summed E-state index contributed by atoms with van der Waals surface area (Å²) in [5.41, 5.74) is 0.743. The van der Waals surface area contributed by atoms with Crippen LogP contribution >= 0.6 is 0 Å². The number of para-hydroxylation sites is 2. The van der Waals surface area contributed by atoms with E-state index < -0.39 is 11.9 Å². The van der Waals surface area contributed by atoms with Gasteiger partial charge in [-0.3, -0.25) is 0 Å². The van der Waals surface area contributed by atoms with E-state index in [1.54, 1.807) is 24.3 Å². The fraction of sp³-hybridized carbons (Fsp3) is 0.100. The summed E-state index contributed by atoms with van der Waals surface area (Å²) in [6.07, 6.45) is -4.57. The minimum Gasteiger partial charge on any atom is -0.869 e. The van der Waals surface area contributed by atoms with Crippen molar-refractivity contribution in [3.63, 3.8) is 0 Å².